The molecule has 3 heteroatoms. The molecule has 0 atom stereocenters. The highest BCUT2D eigenvalue weighted by atomic mass is 79.9. The number of rotatable bonds is 0. The molecule has 5 aromatic rings. The van der Waals surface area contributed by atoms with E-state index in [-0.39, 0.29) is 0 Å². The second kappa shape index (κ2) is 3.89. The van der Waals surface area contributed by atoms with Gasteiger partial charge in [-0.3, -0.25) is 0 Å². The summed E-state index contributed by atoms with van der Waals surface area (Å²) in [6, 6.07) is 18.2. The molecule has 0 bridgehead atoms. The summed E-state index contributed by atoms with van der Waals surface area (Å²) < 4.78 is 13.1. The van der Waals surface area contributed by atoms with Gasteiger partial charge in [-0.1, -0.05) is 36.4 Å². The van der Waals surface area contributed by atoms with Gasteiger partial charge in [0.15, 0.2) is 11.2 Å². The third-order valence-electron chi connectivity index (χ3n) is 3.95. The molecule has 0 radical (unpaired) electrons. The van der Waals surface area contributed by atoms with E-state index in [1.165, 1.54) is 0 Å². The van der Waals surface area contributed by atoms with Crippen LogP contribution < -0.4 is 0 Å². The predicted octanol–water partition coefficient (Wildman–Crippen LogP) is 6.25. The number of fused-ring (bicyclic) bond motifs is 7. The Bertz CT molecular complexity index is 1150. The largest absolute Gasteiger partial charge is 0.452 e. The first-order valence-electron chi connectivity index (χ1n) is 6.74. The number of benzene rings is 3. The van der Waals surface area contributed by atoms with Crippen LogP contribution in [0.4, 0.5) is 0 Å². The molecule has 0 aliphatic rings. The molecule has 0 aliphatic heterocycles. The summed E-state index contributed by atoms with van der Waals surface area (Å²) in [4.78, 5) is 0. The van der Waals surface area contributed by atoms with Crippen molar-refractivity contribution in [3.63, 3.8) is 0 Å². The van der Waals surface area contributed by atoms with Crippen molar-refractivity contribution in [1.29, 1.82) is 0 Å². The minimum absolute atomic E-state index is 0.803. The van der Waals surface area contributed by atoms with Crippen molar-refractivity contribution in [3.05, 3.63) is 59.1 Å². The summed E-state index contributed by atoms with van der Waals surface area (Å²) >= 11 is 3.69. The van der Waals surface area contributed by atoms with E-state index in [0.717, 1.165) is 48.3 Å². The highest BCUT2D eigenvalue weighted by Gasteiger charge is 2.18. The molecule has 100 valence electrons. The van der Waals surface area contributed by atoms with Gasteiger partial charge in [-0.2, -0.15) is 0 Å². The standard InChI is InChI=1S/C18H9BrO2/c19-13-9-12-10-5-1-3-7-14(10)20-17(12)18-16(13)11-6-2-4-8-15(11)21-18/h1-9H. The zero-order chi connectivity index (χ0) is 14.0. The Hall–Kier alpha value is -2.26. The molecule has 3 aromatic carbocycles. The van der Waals surface area contributed by atoms with Crippen molar-refractivity contribution in [2.75, 3.05) is 0 Å². The van der Waals surface area contributed by atoms with Crippen molar-refractivity contribution >= 4 is 59.8 Å². The highest BCUT2D eigenvalue weighted by Crippen LogP contribution is 2.42. The Morgan fingerprint density at radius 3 is 2.10 bits per heavy atom. The lowest BCUT2D eigenvalue weighted by atomic mass is 10.1. The molecular formula is C18H9BrO2. The van der Waals surface area contributed by atoms with Gasteiger partial charge in [0.1, 0.15) is 11.2 Å². The van der Waals surface area contributed by atoms with Crippen LogP contribution in [0.3, 0.4) is 0 Å². The minimum Gasteiger partial charge on any atom is -0.452 e. The van der Waals surface area contributed by atoms with Crippen LogP contribution in [0, 0.1) is 0 Å². The topological polar surface area (TPSA) is 26.3 Å². The zero-order valence-corrected chi connectivity index (χ0v) is 12.5. The molecule has 0 saturated carbocycles. The molecule has 0 saturated heterocycles. The van der Waals surface area contributed by atoms with Crippen LogP contribution >= 0.6 is 15.9 Å². The smallest absolute Gasteiger partial charge is 0.179 e. The first-order chi connectivity index (χ1) is 10.3. The van der Waals surface area contributed by atoms with Crippen LogP contribution in [-0.4, -0.2) is 0 Å². The summed E-state index contributed by atoms with van der Waals surface area (Å²) in [6.07, 6.45) is 0. The van der Waals surface area contributed by atoms with Gasteiger partial charge < -0.3 is 8.83 Å². The molecule has 2 nitrogen and oxygen atoms in total. The second-order valence-electron chi connectivity index (χ2n) is 5.14. The van der Waals surface area contributed by atoms with Gasteiger partial charge in [0.25, 0.3) is 0 Å². The number of furan rings is 2. The molecule has 2 aromatic heterocycles. The molecule has 5 rings (SSSR count). The molecule has 0 unspecified atom stereocenters. The lowest BCUT2D eigenvalue weighted by Crippen LogP contribution is -1.72. The van der Waals surface area contributed by atoms with Gasteiger partial charge in [-0.15, -0.1) is 0 Å². The second-order valence-corrected chi connectivity index (χ2v) is 5.99. The van der Waals surface area contributed by atoms with Crippen LogP contribution in [0.15, 0.2) is 67.9 Å². The fraction of sp³-hybridized carbons (Fsp3) is 0. The van der Waals surface area contributed by atoms with Gasteiger partial charge in [-0.05, 0) is 34.1 Å². The van der Waals surface area contributed by atoms with E-state index in [1.54, 1.807) is 0 Å². The number of halogens is 1. The van der Waals surface area contributed by atoms with E-state index in [4.69, 9.17) is 8.83 Å². The van der Waals surface area contributed by atoms with Crippen molar-refractivity contribution in [1.82, 2.24) is 0 Å². The van der Waals surface area contributed by atoms with Crippen LogP contribution in [0.1, 0.15) is 0 Å². The van der Waals surface area contributed by atoms with Crippen LogP contribution in [-0.2, 0) is 0 Å². The number of para-hydroxylation sites is 2. The number of hydrogen-bond donors (Lipinski definition) is 0. The van der Waals surface area contributed by atoms with Crippen LogP contribution in [0.2, 0.25) is 0 Å². The third kappa shape index (κ3) is 1.41. The molecule has 21 heavy (non-hydrogen) atoms. The quantitative estimate of drug-likeness (QED) is 0.334. The molecule has 0 N–H and O–H groups in total. The van der Waals surface area contributed by atoms with Gasteiger partial charge in [0.05, 0.1) is 0 Å². The number of hydrogen-bond acceptors (Lipinski definition) is 2. The minimum atomic E-state index is 0.803. The Morgan fingerprint density at radius 2 is 1.29 bits per heavy atom. The Balaban J connectivity index is 2.14. The fourth-order valence-electron chi connectivity index (χ4n) is 3.02. The van der Waals surface area contributed by atoms with Crippen LogP contribution in [0.25, 0.3) is 43.9 Å². The fourth-order valence-corrected chi connectivity index (χ4v) is 3.64. The average Bonchev–Trinajstić information content (AvgIpc) is 3.06. The summed E-state index contributed by atoms with van der Waals surface area (Å²) in [5.74, 6) is 0. The first kappa shape index (κ1) is 11.4. The molecule has 0 fully saturated rings. The van der Waals surface area contributed by atoms with Crippen molar-refractivity contribution < 1.29 is 8.83 Å². The summed E-state index contributed by atoms with van der Waals surface area (Å²) in [6.45, 7) is 0. The molecule has 0 amide bonds. The van der Waals surface area contributed by atoms with Gasteiger partial charge in [0, 0.05) is 26.0 Å². The summed E-state index contributed by atoms with van der Waals surface area (Å²) in [5, 5.41) is 4.35. The maximum atomic E-state index is 6.05. The average molecular weight is 337 g/mol. The van der Waals surface area contributed by atoms with Gasteiger partial charge >= 0.3 is 0 Å². The van der Waals surface area contributed by atoms with E-state index in [9.17, 15) is 0 Å². The van der Waals surface area contributed by atoms with Crippen molar-refractivity contribution in [3.8, 4) is 0 Å². The van der Waals surface area contributed by atoms with E-state index in [2.05, 4.69) is 34.1 Å². The Morgan fingerprint density at radius 1 is 0.667 bits per heavy atom. The molecule has 0 spiro atoms. The van der Waals surface area contributed by atoms with Crippen molar-refractivity contribution in [2.45, 2.75) is 0 Å². The SMILES string of the molecule is Brc1cc2c3ccccc3oc2c2oc3ccccc3c12. The van der Waals surface area contributed by atoms with E-state index in [1.807, 2.05) is 36.4 Å². The lowest BCUT2D eigenvalue weighted by Gasteiger charge is -1.95. The molecule has 0 aliphatic carbocycles. The molecule has 2 heterocycles. The Kier molecular flexibility index (Phi) is 2.11. The maximum Gasteiger partial charge on any atom is 0.179 e. The normalized spacial score (nSPS) is 12.0. The van der Waals surface area contributed by atoms with E-state index < -0.39 is 0 Å². The summed E-state index contributed by atoms with van der Waals surface area (Å²) in [5.41, 5.74) is 3.37. The zero-order valence-electron chi connectivity index (χ0n) is 10.9. The van der Waals surface area contributed by atoms with E-state index in [0.29, 0.717) is 0 Å². The maximum absolute atomic E-state index is 6.05. The molecular weight excluding hydrogens is 328 g/mol. The predicted molar refractivity (Wildman–Crippen MR) is 88.7 cm³/mol. The van der Waals surface area contributed by atoms with Crippen molar-refractivity contribution in [2.24, 2.45) is 0 Å². The third-order valence-corrected chi connectivity index (χ3v) is 4.57. The monoisotopic (exact) mass is 336 g/mol. The Labute approximate surface area is 128 Å². The van der Waals surface area contributed by atoms with Gasteiger partial charge in [0.2, 0.25) is 0 Å². The summed E-state index contributed by atoms with van der Waals surface area (Å²) in [7, 11) is 0. The van der Waals surface area contributed by atoms with Crippen LogP contribution in [0.5, 0.6) is 0 Å². The highest BCUT2D eigenvalue weighted by molar-refractivity contribution is 9.10. The first-order valence-corrected chi connectivity index (χ1v) is 7.53. The van der Waals surface area contributed by atoms with Gasteiger partial charge in [-0.25, -0.2) is 0 Å². The van der Waals surface area contributed by atoms with E-state index >= 15 is 0 Å². The lowest BCUT2D eigenvalue weighted by molar-refractivity contribution is 0.633.